The summed E-state index contributed by atoms with van der Waals surface area (Å²) in [7, 11) is 0. The Morgan fingerprint density at radius 3 is 2.60 bits per heavy atom. The standard InChI is InChI=1S/C14H19FN2O2S/c1-4-19-13(18)8-17(9(2)3)10-5-6-11(14(16)20)12(15)7-10/h5-7,9H,4,8H2,1-3H3,(H2,16,20). The van der Waals surface area contributed by atoms with Crippen molar-refractivity contribution in [1.29, 1.82) is 0 Å². The SMILES string of the molecule is CCOC(=O)CN(c1ccc(C(N)=S)c(F)c1)C(C)C. The number of thiocarbonyl (C=S) groups is 1. The van der Waals surface area contributed by atoms with Crippen molar-refractivity contribution in [2.75, 3.05) is 18.1 Å². The van der Waals surface area contributed by atoms with Crippen LogP contribution in [-0.4, -0.2) is 30.2 Å². The molecule has 0 spiro atoms. The zero-order chi connectivity index (χ0) is 15.3. The average molecular weight is 298 g/mol. The number of nitrogens with zero attached hydrogens (tertiary/aromatic N) is 1. The van der Waals surface area contributed by atoms with E-state index in [0.717, 1.165) is 0 Å². The normalized spacial score (nSPS) is 10.4. The second-order valence-electron chi connectivity index (χ2n) is 4.56. The van der Waals surface area contributed by atoms with Gasteiger partial charge in [0, 0.05) is 17.3 Å². The Balaban J connectivity index is 3.01. The minimum absolute atomic E-state index is 0.00976. The summed E-state index contributed by atoms with van der Waals surface area (Å²) in [5, 5.41) is 0. The lowest BCUT2D eigenvalue weighted by atomic mass is 10.1. The van der Waals surface area contributed by atoms with Crippen LogP contribution in [0.1, 0.15) is 26.3 Å². The Labute approximate surface area is 123 Å². The molecule has 20 heavy (non-hydrogen) atoms. The van der Waals surface area contributed by atoms with Crippen molar-refractivity contribution >= 4 is 28.9 Å². The topological polar surface area (TPSA) is 55.6 Å². The molecule has 6 heteroatoms. The van der Waals surface area contributed by atoms with Crippen molar-refractivity contribution in [2.45, 2.75) is 26.8 Å². The number of hydrogen-bond acceptors (Lipinski definition) is 4. The maximum Gasteiger partial charge on any atom is 0.325 e. The summed E-state index contributed by atoms with van der Waals surface area (Å²) in [6.07, 6.45) is 0. The van der Waals surface area contributed by atoms with E-state index >= 15 is 0 Å². The third kappa shape index (κ3) is 4.16. The van der Waals surface area contributed by atoms with Gasteiger partial charge in [-0.2, -0.15) is 0 Å². The zero-order valence-electron chi connectivity index (χ0n) is 11.9. The van der Waals surface area contributed by atoms with Gasteiger partial charge in [0.2, 0.25) is 0 Å². The molecule has 4 nitrogen and oxygen atoms in total. The minimum atomic E-state index is -0.496. The number of carbonyl (C=O) groups excluding carboxylic acids is 1. The lowest BCUT2D eigenvalue weighted by Crippen LogP contribution is -2.36. The molecule has 0 aliphatic heterocycles. The predicted molar refractivity (Wildman–Crippen MR) is 81.4 cm³/mol. The number of halogens is 1. The molecule has 1 rings (SSSR count). The Bertz CT molecular complexity index is 506. The van der Waals surface area contributed by atoms with Gasteiger partial charge in [-0.1, -0.05) is 12.2 Å². The van der Waals surface area contributed by atoms with Gasteiger partial charge in [0.05, 0.1) is 6.61 Å². The van der Waals surface area contributed by atoms with E-state index in [9.17, 15) is 9.18 Å². The van der Waals surface area contributed by atoms with Crippen LogP contribution in [0.15, 0.2) is 18.2 Å². The van der Waals surface area contributed by atoms with Crippen LogP contribution in [-0.2, 0) is 9.53 Å². The summed E-state index contributed by atoms with van der Waals surface area (Å²) in [6.45, 7) is 5.96. The highest BCUT2D eigenvalue weighted by atomic mass is 32.1. The molecule has 2 N–H and O–H groups in total. The molecule has 0 heterocycles. The minimum Gasteiger partial charge on any atom is -0.465 e. The molecule has 0 aromatic heterocycles. The molecule has 0 amide bonds. The van der Waals surface area contributed by atoms with Gasteiger partial charge in [0.25, 0.3) is 0 Å². The van der Waals surface area contributed by atoms with Crippen molar-refractivity contribution in [2.24, 2.45) is 5.73 Å². The summed E-state index contributed by atoms with van der Waals surface area (Å²) in [6, 6.07) is 4.56. The summed E-state index contributed by atoms with van der Waals surface area (Å²) >= 11 is 4.76. The van der Waals surface area contributed by atoms with Gasteiger partial charge in [-0.15, -0.1) is 0 Å². The van der Waals surface area contributed by atoms with Crippen LogP contribution in [0.3, 0.4) is 0 Å². The lowest BCUT2D eigenvalue weighted by molar-refractivity contribution is -0.141. The third-order valence-electron chi connectivity index (χ3n) is 2.78. The first-order valence-corrected chi connectivity index (χ1v) is 6.79. The first kappa shape index (κ1) is 16.4. The maximum absolute atomic E-state index is 13.9. The van der Waals surface area contributed by atoms with E-state index in [1.54, 1.807) is 17.9 Å². The van der Waals surface area contributed by atoms with Gasteiger partial charge in [0.15, 0.2) is 0 Å². The van der Waals surface area contributed by atoms with E-state index in [2.05, 4.69) is 0 Å². The second kappa shape index (κ2) is 7.19. The fourth-order valence-corrected chi connectivity index (χ4v) is 1.97. The van der Waals surface area contributed by atoms with Crippen molar-refractivity contribution in [1.82, 2.24) is 0 Å². The number of benzene rings is 1. The predicted octanol–water partition coefficient (Wildman–Crippen LogP) is 2.24. The van der Waals surface area contributed by atoms with Gasteiger partial charge >= 0.3 is 5.97 Å². The fourth-order valence-electron chi connectivity index (χ4n) is 1.80. The molecule has 1 aromatic rings. The maximum atomic E-state index is 13.9. The number of rotatable bonds is 6. The third-order valence-corrected chi connectivity index (χ3v) is 3.00. The van der Waals surface area contributed by atoms with E-state index in [0.29, 0.717) is 12.3 Å². The molecular weight excluding hydrogens is 279 g/mol. The van der Waals surface area contributed by atoms with Crippen molar-refractivity contribution < 1.29 is 13.9 Å². The van der Waals surface area contributed by atoms with Crippen LogP contribution in [0.4, 0.5) is 10.1 Å². The molecule has 0 fully saturated rings. The van der Waals surface area contributed by atoms with Gasteiger partial charge in [-0.05, 0) is 39.0 Å². The molecule has 0 unspecified atom stereocenters. The highest BCUT2D eigenvalue weighted by molar-refractivity contribution is 7.80. The smallest absolute Gasteiger partial charge is 0.325 e. The monoisotopic (exact) mass is 298 g/mol. The van der Waals surface area contributed by atoms with Crippen molar-refractivity contribution in [3.8, 4) is 0 Å². The summed E-state index contributed by atoms with van der Waals surface area (Å²) in [5.41, 5.74) is 6.21. The van der Waals surface area contributed by atoms with Crippen LogP contribution in [0, 0.1) is 5.82 Å². The number of carbonyl (C=O) groups is 1. The van der Waals surface area contributed by atoms with Crippen LogP contribution >= 0.6 is 12.2 Å². The Morgan fingerprint density at radius 2 is 2.15 bits per heavy atom. The van der Waals surface area contributed by atoms with E-state index in [1.807, 2.05) is 13.8 Å². The summed E-state index contributed by atoms with van der Waals surface area (Å²) < 4.78 is 18.8. The van der Waals surface area contributed by atoms with Gasteiger partial charge in [0.1, 0.15) is 17.4 Å². The van der Waals surface area contributed by atoms with Crippen LogP contribution in [0.2, 0.25) is 0 Å². The Hall–Kier alpha value is -1.69. The van der Waals surface area contributed by atoms with E-state index in [1.165, 1.54) is 12.1 Å². The molecule has 0 aliphatic carbocycles. The summed E-state index contributed by atoms with van der Waals surface area (Å²) in [5.74, 6) is -0.843. The highest BCUT2D eigenvalue weighted by Gasteiger charge is 2.17. The lowest BCUT2D eigenvalue weighted by Gasteiger charge is -2.28. The van der Waals surface area contributed by atoms with Crippen molar-refractivity contribution in [3.63, 3.8) is 0 Å². The molecule has 1 aromatic carbocycles. The second-order valence-corrected chi connectivity index (χ2v) is 4.99. The molecule has 0 radical (unpaired) electrons. The zero-order valence-corrected chi connectivity index (χ0v) is 12.7. The van der Waals surface area contributed by atoms with Crippen molar-refractivity contribution in [3.05, 3.63) is 29.6 Å². The van der Waals surface area contributed by atoms with Gasteiger partial charge in [-0.25, -0.2) is 4.39 Å². The van der Waals surface area contributed by atoms with E-state index < -0.39 is 5.82 Å². The number of anilines is 1. The first-order chi connectivity index (χ1) is 9.36. The number of nitrogens with two attached hydrogens (primary N) is 1. The van der Waals surface area contributed by atoms with E-state index in [4.69, 9.17) is 22.7 Å². The number of ether oxygens (including phenoxy) is 1. The van der Waals surface area contributed by atoms with E-state index in [-0.39, 0.29) is 29.1 Å². The van der Waals surface area contributed by atoms with Crippen LogP contribution in [0.5, 0.6) is 0 Å². The molecule has 0 saturated carbocycles. The molecule has 0 atom stereocenters. The van der Waals surface area contributed by atoms with Gasteiger partial charge in [-0.3, -0.25) is 4.79 Å². The summed E-state index contributed by atoms with van der Waals surface area (Å²) in [4.78, 5) is 13.4. The largest absolute Gasteiger partial charge is 0.465 e. The Kier molecular flexibility index (Phi) is 5.88. The quantitative estimate of drug-likeness (QED) is 0.645. The number of esters is 1. The molecule has 0 aliphatic rings. The Morgan fingerprint density at radius 1 is 1.50 bits per heavy atom. The average Bonchev–Trinajstić information content (AvgIpc) is 2.35. The first-order valence-electron chi connectivity index (χ1n) is 6.38. The number of hydrogen-bond donors (Lipinski definition) is 1. The fraction of sp³-hybridized carbons (Fsp3) is 0.429. The van der Waals surface area contributed by atoms with Gasteiger partial charge < -0.3 is 15.4 Å². The molecule has 0 saturated heterocycles. The molecule has 0 bridgehead atoms. The highest BCUT2D eigenvalue weighted by Crippen LogP contribution is 2.21. The molecule has 110 valence electrons. The van der Waals surface area contributed by atoms with Crippen LogP contribution < -0.4 is 10.6 Å². The molecular formula is C14H19FN2O2S. The van der Waals surface area contributed by atoms with Crippen LogP contribution in [0.25, 0.3) is 0 Å².